The standard InChI is InChI=1S/C19H14FNO6/c1-26-17(24)10-21-14-4-2-3-12(18(14)27-19(21)25)15(22)7-5-11-6-8-16(23)13(20)9-11/h2-9,23H,10H2,1H3/b7-5+. The molecule has 0 bridgehead atoms. The van der Waals surface area contributed by atoms with Gasteiger partial charge in [0.25, 0.3) is 0 Å². The molecule has 0 unspecified atom stereocenters. The number of phenolic OH excluding ortho intramolecular Hbond substituents is 1. The highest BCUT2D eigenvalue weighted by Crippen LogP contribution is 2.20. The van der Waals surface area contributed by atoms with Crippen LogP contribution in [0.15, 0.2) is 51.7 Å². The minimum Gasteiger partial charge on any atom is -0.505 e. The fraction of sp³-hybridized carbons (Fsp3) is 0.105. The van der Waals surface area contributed by atoms with Gasteiger partial charge in [-0.1, -0.05) is 18.2 Å². The predicted molar refractivity (Wildman–Crippen MR) is 93.9 cm³/mol. The van der Waals surface area contributed by atoms with E-state index in [4.69, 9.17) is 4.42 Å². The summed E-state index contributed by atoms with van der Waals surface area (Å²) in [5, 5.41) is 9.18. The molecule has 8 heteroatoms. The number of nitrogens with zero attached hydrogens (tertiary/aromatic N) is 1. The van der Waals surface area contributed by atoms with E-state index in [0.29, 0.717) is 5.56 Å². The molecule has 0 radical (unpaired) electrons. The third-order valence-electron chi connectivity index (χ3n) is 3.87. The predicted octanol–water partition coefficient (Wildman–Crippen LogP) is 2.51. The number of fused-ring (bicyclic) bond motifs is 1. The number of ether oxygens (including phenoxy) is 1. The van der Waals surface area contributed by atoms with Crippen molar-refractivity contribution in [2.75, 3.05) is 7.11 Å². The summed E-state index contributed by atoms with van der Waals surface area (Å²) in [6.07, 6.45) is 2.56. The van der Waals surface area contributed by atoms with E-state index in [2.05, 4.69) is 4.74 Å². The number of carbonyl (C=O) groups excluding carboxylic acids is 2. The van der Waals surface area contributed by atoms with E-state index in [1.165, 1.54) is 37.5 Å². The van der Waals surface area contributed by atoms with E-state index in [1.54, 1.807) is 12.1 Å². The van der Waals surface area contributed by atoms with Gasteiger partial charge in [0, 0.05) is 0 Å². The Balaban J connectivity index is 1.96. The van der Waals surface area contributed by atoms with Gasteiger partial charge < -0.3 is 14.3 Å². The van der Waals surface area contributed by atoms with E-state index in [0.717, 1.165) is 10.6 Å². The summed E-state index contributed by atoms with van der Waals surface area (Å²) < 4.78 is 24.1. The molecule has 0 fully saturated rings. The van der Waals surface area contributed by atoms with E-state index in [-0.39, 0.29) is 23.2 Å². The van der Waals surface area contributed by atoms with Gasteiger partial charge in [-0.05, 0) is 35.9 Å². The van der Waals surface area contributed by atoms with Crippen LogP contribution in [0.4, 0.5) is 4.39 Å². The number of benzene rings is 2. The third kappa shape index (κ3) is 3.64. The summed E-state index contributed by atoms with van der Waals surface area (Å²) in [4.78, 5) is 36.0. The lowest BCUT2D eigenvalue weighted by Crippen LogP contribution is -2.20. The van der Waals surface area contributed by atoms with E-state index >= 15 is 0 Å². The van der Waals surface area contributed by atoms with Gasteiger partial charge in [0.1, 0.15) is 6.54 Å². The van der Waals surface area contributed by atoms with Crippen molar-refractivity contribution in [2.45, 2.75) is 6.54 Å². The second kappa shape index (κ2) is 7.28. The van der Waals surface area contributed by atoms with Crippen molar-refractivity contribution in [3.63, 3.8) is 0 Å². The van der Waals surface area contributed by atoms with Gasteiger partial charge in [-0.25, -0.2) is 9.18 Å². The number of allylic oxidation sites excluding steroid dienone is 1. The molecule has 1 heterocycles. The number of halogens is 1. The summed E-state index contributed by atoms with van der Waals surface area (Å²) in [5.41, 5.74) is 0.803. The molecule has 138 valence electrons. The molecule has 1 N–H and O–H groups in total. The number of rotatable bonds is 5. The molecule has 1 aromatic heterocycles. The van der Waals surface area contributed by atoms with Gasteiger partial charge >= 0.3 is 11.7 Å². The Morgan fingerprint density at radius 3 is 2.78 bits per heavy atom. The maximum Gasteiger partial charge on any atom is 0.420 e. The van der Waals surface area contributed by atoms with Crippen LogP contribution in [0.3, 0.4) is 0 Å². The van der Waals surface area contributed by atoms with Crippen LogP contribution in [-0.4, -0.2) is 28.5 Å². The number of esters is 1. The quantitative estimate of drug-likeness (QED) is 0.420. The molecule has 0 aliphatic rings. The molecule has 0 amide bonds. The number of para-hydroxylation sites is 1. The minimum absolute atomic E-state index is 0.0398. The van der Waals surface area contributed by atoms with Crippen LogP contribution >= 0.6 is 0 Å². The third-order valence-corrected chi connectivity index (χ3v) is 3.87. The monoisotopic (exact) mass is 371 g/mol. The SMILES string of the molecule is COC(=O)Cn1c(=O)oc2c(C(=O)/C=C/c3ccc(O)c(F)c3)cccc21. The number of hydrogen-bond acceptors (Lipinski definition) is 6. The van der Waals surface area contributed by atoms with E-state index in [1.807, 2.05) is 0 Å². The zero-order valence-corrected chi connectivity index (χ0v) is 14.1. The first-order valence-electron chi connectivity index (χ1n) is 7.81. The molecule has 0 saturated carbocycles. The summed E-state index contributed by atoms with van der Waals surface area (Å²) in [6, 6.07) is 8.25. The maximum atomic E-state index is 13.4. The lowest BCUT2D eigenvalue weighted by molar-refractivity contribution is -0.141. The number of phenols is 1. The highest BCUT2D eigenvalue weighted by Gasteiger charge is 2.18. The zero-order chi connectivity index (χ0) is 19.6. The van der Waals surface area contributed by atoms with Crippen LogP contribution in [-0.2, 0) is 16.1 Å². The van der Waals surface area contributed by atoms with Gasteiger partial charge in [0.05, 0.1) is 18.2 Å². The van der Waals surface area contributed by atoms with Crippen LogP contribution < -0.4 is 5.76 Å². The molecular formula is C19H14FNO6. The van der Waals surface area contributed by atoms with Crippen molar-refractivity contribution in [1.29, 1.82) is 0 Å². The van der Waals surface area contributed by atoms with Crippen molar-refractivity contribution in [3.05, 3.63) is 70.0 Å². The topological polar surface area (TPSA) is 98.7 Å². The second-order valence-electron chi connectivity index (χ2n) is 5.59. The molecule has 3 aromatic rings. The van der Waals surface area contributed by atoms with Crippen molar-refractivity contribution in [2.24, 2.45) is 0 Å². The van der Waals surface area contributed by atoms with Crippen molar-refractivity contribution in [1.82, 2.24) is 4.57 Å². The van der Waals surface area contributed by atoms with Crippen LogP contribution in [0.1, 0.15) is 15.9 Å². The van der Waals surface area contributed by atoms with Crippen LogP contribution in [0.2, 0.25) is 0 Å². The molecule has 0 saturated heterocycles. The van der Waals surface area contributed by atoms with Gasteiger partial charge in [-0.3, -0.25) is 14.2 Å². The Kier molecular flexibility index (Phi) is 4.89. The second-order valence-corrected chi connectivity index (χ2v) is 5.59. The number of carbonyl (C=O) groups is 2. The molecule has 3 rings (SSSR count). The van der Waals surface area contributed by atoms with Crippen molar-refractivity contribution < 1.29 is 28.2 Å². The average molecular weight is 371 g/mol. The van der Waals surface area contributed by atoms with Crippen LogP contribution in [0.5, 0.6) is 5.75 Å². The highest BCUT2D eigenvalue weighted by atomic mass is 19.1. The summed E-state index contributed by atoms with van der Waals surface area (Å²) in [7, 11) is 1.20. The summed E-state index contributed by atoms with van der Waals surface area (Å²) in [5.74, 6) is -3.20. The Morgan fingerprint density at radius 1 is 1.30 bits per heavy atom. The normalized spacial score (nSPS) is 11.2. The van der Waals surface area contributed by atoms with Gasteiger partial charge in [-0.2, -0.15) is 0 Å². The first-order valence-corrected chi connectivity index (χ1v) is 7.81. The Morgan fingerprint density at radius 2 is 2.07 bits per heavy atom. The zero-order valence-electron chi connectivity index (χ0n) is 14.1. The Bertz CT molecular complexity index is 1120. The molecule has 0 aliphatic carbocycles. The first-order chi connectivity index (χ1) is 12.9. The number of aromatic nitrogens is 1. The van der Waals surface area contributed by atoms with Crippen molar-refractivity contribution >= 4 is 28.9 Å². The van der Waals surface area contributed by atoms with Gasteiger partial charge in [-0.15, -0.1) is 0 Å². The maximum absolute atomic E-state index is 13.4. The minimum atomic E-state index is -0.808. The first kappa shape index (κ1) is 18.1. The van der Waals surface area contributed by atoms with Crippen molar-refractivity contribution in [3.8, 4) is 5.75 Å². The van der Waals surface area contributed by atoms with E-state index in [9.17, 15) is 23.9 Å². The molecule has 2 aromatic carbocycles. The smallest absolute Gasteiger partial charge is 0.420 e. The Hall–Kier alpha value is -3.68. The molecule has 0 atom stereocenters. The largest absolute Gasteiger partial charge is 0.505 e. The number of hydrogen-bond donors (Lipinski definition) is 1. The lowest BCUT2D eigenvalue weighted by Gasteiger charge is -2.01. The average Bonchev–Trinajstić information content (AvgIpc) is 2.97. The number of oxazole rings is 1. The summed E-state index contributed by atoms with van der Waals surface area (Å²) in [6.45, 7) is -0.345. The number of ketones is 1. The molecule has 0 aliphatic heterocycles. The van der Waals surface area contributed by atoms with Crippen LogP contribution in [0, 0.1) is 5.82 Å². The van der Waals surface area contributed by atoms with Gasteiger partial charge in [0.2, 0.25) is 0 Å². The Labute approximate surface area is 151 Å². The molecule has 0 spiro atoms. The summed E-state index contributed by atoms with van der Waals surface area (Å²) >= 11 is 0. The fourth-order valence-corrected chi connectivity index (χ4v) is 2.51. The molecule has 7 nitrogen and oxygen atoms in total. The number of aromatic hydroxyl groups is 1. The lowest BCUT2D eigenvalue weighted by atomic mass is 10.1. The molecular weight excluding hydrogens is 357 g/mol. The van der Waals surface area contributed by atoms with Crippen LogP contribution in [0.25, 0.3) is 17.2 Å². The number of methoxy groups -OCH3 is 1. The molecule has 27 heavy (non-hydrogen) atoms. The highest BCUT2D eigenvalue weighted by molar-refractivity contribution is 6.13. The van der Waals surface area contributed by atoms with Gasteiger partial charge in [0.15, 0.2) is 22.9 Å². The fourth-order valence-electron chi connectivity index (χ4n) is 2.51. The van der Waals surface area contributed by atoms with E-state index < -0.39 is 29.1 Å².